The molecule has 4 nitrogen and oxygen atoms in total. The smallest absolute Gasteiger partial charge is 0.136 e. The second kappa shape index (κ2) is 7.78. The van der Waals surface area contributed by atoms with Gasteiger partial charge in [0, 0.05) is 13.1 Å². The molecular formula is C15H22N2O2. The maximum atomic E-state index is 9.05. The Hall–Kier alpha value is -1.57. The number of methoxy groups -OCH3 is 1. The molecule has 0 aromatic heterocycles. The summed E-state index contributed by atoms with van der Waals surface area (Å²) in [5, 5.41) is 9.05. The number of nitriles is 1. The molecule has 1 aromatic rings. The zero-order chi connectivity index (χ0) is 14.3. The number of rotatable bonds is 7. The highest BCUT2D eigenvalue weighted by molar-refractivity contribution is 5.45. The molecule has 0 aliphatic heterocycles. The molecule has 19 heavy (non-hydrogen) atoms. The van der Waals surface area contributed by atoms with Crippen molar-refractivity contribution in [2.75, 3.05) is 27.3 Å². The highest BCUT2D eigenvalue weighted by atomic mass is 16.5. The Balaban J connectivity index is 2.55. The van der Waals surface area contributed by atoms with E-state index in [9.17, 15) is 0 Å². The summed E-state index contributed by atoms with van der Waals surface area (Å²) in [7, 11) is 3.62. The third kappa shape index (κ3) is 5.29. The lowest BCUT2D eigenvalue weighted by Crippen LogP contribution is -2.24. The number of hydrogen-bond acceptors (Lipinski definition) is 4. The van der Waals surface area contributed by atoms with E-state index < -0.39 is 0 Å². The molecule has 0 unspecified atom stereocenters. The highest BCUT2D eigenvalue weighted by Crippen LogP contribution is 2.19. The summed E-state index contributed by atoms with van der Waals surface area (Å²) in [5.41, 5.74) is 1.68. The second-order valence-electron chi connectivity index (χ2n) is 4.80. The summed E-state index contributed by atoms with van der Waals surface area (Å²) in [4.78, 5) is 2.17. The van der Waals surface area contributed by atoms with E-state index in [1.54, 1.807) is 7.11 Å². The van der Waals surface area contributed by atoms with Crippen LogP contribution in [0.5, 0.6) is 5.75 Å². The minimum absolute atomic E-state index is 0.263. The standard InChI is InChI=1S/C15H22N2O2/c1-12(2)19-8-7-17(3)11-13-5-6-15(18-4)14(9-13)10-16/h5-6,9,12H,7-8,11H2,1-4H3. The molecule has 0 bridgehead atoms. The maximum absolute atomic E-state index is 9.05. The van der Waals surface area contributed by atoms with Crippen LogP contribution in [0.4, 0.5) is 0 Å². The van der Waals surface area contributed by atoms with Crippen molar-refractivity contribution in [3.63, 3.8) is 0 Å². The van der Waals surface area contributed by atoms with Crippen molar-refractivity contribution in [1.82, 2.24) is 4.90 Å². The van der Waals surface area contributed by atoms with Gasteiger partial charge in [-0.1, -0.05) is 6.07 Å². The van der Waals surface area contributed by atoms with E-state index in [0.717, 1.165) is 25.3 Å². The van der Waals surface area contributed by atoms with E-state index in [1.165, 1.54) is 0 Å². The summed E-state index contributed by atoms with van der Waals surface area (Å²) in [6.07, 6.45) is 0.263. The minimum Gasteiger partial charge on any atom is -0.495 e. The van der Waals surface area contributed by atoms with E-state index in [-0.39, 0.29) is 6.10 Å². The van der Waals surface area contributed by atoms with Crippen molar-refractivity contribution in [3.05, 3.63) is 29.3 Å². The van der Waals surface area contributed by atoms with Gasteiger partial charge >= 0.3 is 0 Å². The topological polar surface area (TPSA) is 45.5 Å². The molecule has 1 rings (SSSR count). The second-order valence-corrected chi connectivity index (χ2v) is 4.80. The van der Waals surface area contributed by atoms with E-state index >= 15 is 0 Å². The number of likely N-dealkylation sites (N-methyl/N-ethyl adjacent to an activating group) is 1. The lowest BCUT2D eigenvalue weighted by molar-refractivity contribution is 0.0627. The molecule has 0 spiro atoms. The molecule has 104 valence electrons. The Morgan fingerprint density at radius 3 is 2.68 bits per heavy atom. The minimum atomic E-state index is 0.263. The van der Waals surface area contributed by atoms with Crippen LogP contribution in [0.1, 0.15) is 25.0 Å². The fraction of sp³-hybridized carbons (Fsp3) is 0.533. The van der Waals surface area contributed by atoms with Gasteiger partial charge in [0.1, 0.15) is 11.8 Å². The predicted octanol–water partition coefficient (Wildman–Crippen LogP) is 2.42. The molecule has 0 amide bonds. The quantitative estimate of drug-likeness (QED) is 0.757. The van der Waals surface area contributed by atoms with Crippen molar-refractivity contribution in [2.45, 2.75) is 26.5 Å². The van der Waals surface area contributed by atoms with Gasteiger partial charge in [0.2, 0.25) is 0 Å². The molecule has 4 heteroatoms. The van der Waals surface area contributed by atoms with E-state index in [2.05, 4.69) is 11.0 Å². The Morgan fingerprint density at radius 2 is 2.11 bits per heavy atom. The normalized spacial score (nSPS) is 10.8. The van der Waals surface area contributed by atoms with Crippen molar-refractivity contribution >= 4 is 0 Å². The molecule has 0 saturated carbocycles. The summed E-state index contributed by atoms with van der Waals surface area (Å²) in [5.74, 6) is 0.622. The van der Waals surface area contributed by atoms with Crippen LogP contribution < -0.4 is 4.74 Å². The van der Waals surface area contributed by atoms with Gasteiger partial charge in [0.05, 0.1) is 25.4 Å². The van der Waals surface area contributed by atoms with Crippen LogP contribution in [0.15, 0.2) is 18.2 Å². The number of ether oxygens (including phenoxy) is 2. The summed E-state index contributed by atoms with van der Waals surface area (Å²) >= 11 is 0. The average Bonchev–Trinajstić information content (AvgIpc) is 2.38. The van der Waals surface area contributed by atoms with Crippen molar-refractivity contribution < 1.29 is 9.47 Å². The monoisotopic (exact) mass is 262 g/mol. The van der Waals surface area contributed by atoms with E-state index in [0.29, 0.717) is 11.3 Å². The summed E-state index contributed by atoms with van der Waals surface area (Å²) < 4.78 is 10.6. The molecular weight excluding hydrogens is 240 g/mol. The van der Waals surface area contributed by atoms with Crippen LogP contribution in [-0.4, -0.2) is 38.3 Å². The fourth-order valence-electron chi connectivity index (χ4n) is 1.78. The first-order valence-electron chi connectivity index (χ1n) is 6.44. The van der Waals surface area contributed by atoms with E-state index in [4.69, 9.17) is 14.7 Å². The Kier molecular flexibility index (Phi) is 6.34. The van der Waals surface area contributed by atoms with Crippen LogP contribution >= 0.6 is 0 Å². The Morgan fingerprint density at radius 1 is 1.37 bits per heavy atom. The fourth-order valence-corrected chi connectivity index (χ4v) is 1.78. The molecule has 0 atom stereocenters. The Labute approximate surface area is 115 Å². The van der Waals surface area contributed by atoms with Gasteiger partial charge < -0.3 is 9.47 Å². The Bertz CT molecular complexity index is 438. The van der Waals surface area contributed by atoms with Gasteiger partial charge in [-0.2, -0.15) is 5.26 Å². The molecule has 0 radical (unpaired) electrons. The SMILES string of the molecule is COc1ccc(CN(C)CCOC(C)C)cc1C#N. The molecule has 0 fully saturated rings. The van der Waals surface area contributed by atoms with Crippen LogP contribution in [0, 0.1) is 11.3 Å². The van der Waals surface area contributed by atoms with Gasteiger partial charge in [0.25, 0.3) is 0 Å². The first-order chi connectivity index (χ1) is 9.06. The molecule has 0 N–H and O–H groups in total. The van der Waals surface area contributed by atoms with Gasteiger partial charge in [-0.05, 0) is 38.6 Å². The summed E-state index contributed by atoms with van der Waals surface area (Å²) in [6.45, 7) is 6.44. The van der Waals surface area contributed by atoms with Gasteiger partial charge in [-0.15, -0.1) is 0 Å². The van der Waals surface area contributed by atoms with E-state index in [1.807, 2.05) is 39.1 Å². The molecule has 0 saturated heterocycles. The third-order valence-corrected chi connectivity index (χ3v) is 2.76. The number of nitrogens with zero attached hydrogens (tertiary/aromatic N) is 2. The number of benzene rings is 1. The van der Waals surface area contributed by atoms with Crippen LogP contribution in [-0.2, 0) is 11.3 Å². The largest absolute Gasteiger partial charge is 0.495 e. The van der Waals surface area contributed by atoms with Crippen LogP contribution in [0.2, 0.25) is 0 Å². The lowest BCUT2D eigenvalue weighted by Gasteiger charge is -2.18. The maximum Gasteiger partial charge on any atom is 0.136 e. The molecule has 0 aliphatic carbocycles. The highest BCUT2D eigenvalue weighted by Gasteiger charge is 2.06. The zero-order valence-electron chi connectivity index (χ0n) is 12.1. The van der Waals surface area contributed by atoms with Gasteiger partial charge in [-0.3, -0.25) is 4.90 Å². The summed E-state index contributed by atoms with van der Waals surface area (Å²) in [6, 6.07) is 7.85. The van der Waals surface area contributed by atoms with Gasteiger partial charge in [0.15, 0.2) is 0 Å². The predicted molar refractivity (Wildman–Crippen MR) is 75.1 cm³/mol. The van der Waals surface area contributed by atoms with Crippen LogP contribution in [0.25, 0.3) is 0 Å². The molecule has 0 aliphatic rings. The third-order valence-electron chi connectivity index (χ3n) is 2.76. The average molecular weight is 262 g/mol. The van der Waals surface area contributed by atoms with Crippen molar-refractivity contribution in [2.24, 2.45) is 0 Å². The van der Waals surface area contributed by atoms with Gasteiger partial charge in [-0.25, -0.2) is 0 Å². The first-order valence-corrected chi connectivity index (χ1v) is 6.44. The number of hydrogen-bond donors (Lipinski definition) is 0. The first kappa shape index (κ1) is 15.5. The zero-order valence-corrected chi connectivity index (χ0v) is 12.1. The molecule has 1 aromatic carbocycles. The van der Waals surface area contributed by atoms with Crippen molar-refractivity contribution in [1.29, 1.82) is 5.26 Å². The van der Waals surface area contributed by atoms with Crippen LogP contribution in [0.3, 0.4) is 0 Å². The molecule has 0 heterocycles. The van der Waals surface area contributed by atoms with Crippen molar-refractivity contribution in [3.8, 4) is 11.8 Å². The lowest BCUT2D eigenvalue weighted by atomic mass is 10.1.